The van der Waals surface area contributed by atoms with Gasteiger partial charge in [0.05, 0.1) is 5.69 Å². The van der Waals surface area contributed by atoms with E-state index in [1.165, 1.54) is 11.1 Å². The first-order chi connectivity index (χ1) is 12.9. The topological polar surface area (TPSA) is 53.4 Å². The smallest absolute Gasteiger partial charge is 0.219 e. The van der Waals surface area contributed by atoms with Gasteiger partial charge in [0.15, 0.2) is 0 Å². The third-order valence-electron chi connectivity index (χ3n) is 5.47. The van der Waals surface area contributed by atoms with E-state index in [9.17, 15) is 9.90 Å². The summed E-state index contributed by atoms with van der Waals surface area (Å²) >= 11 is 7.98. The van der Waals surface area contributed by atoms with Crippen LogP contribution in [0.25, 0.3) is 5.57 Å². The summed E-state index contributed by atoms with van der Waals surface area (Å²) < 4.78 is 0.973. The number of hydrogen-bond donors (Lipinski definition) is 2. The van der Waals surface area contributed by atoms with Crippen molar-refractivity contribution in [3.63, 3.8) is 0 Å². The number of thiol groups is 1. The summed E-state index contributed by atoms with van der Waals surface area (Å²) in [5.41, 5.74) is 6.93. The maximum atomic E-state index is 11.7. The maximum Gasteiger partial charge on any atom is 0.219 e. The van der Waals surface area contributed by atoms with Crippen molar-refractivity contribution in [3.8, 4) is 5.75 Å². The lowest BCUT2D eigenvalue weighted by atomic mass is 9.88. The van der Waals surface area contributed by atoms with Crippen molar-refractivity contribution in [1.82, 2.24) is 9.88 Å². The van der Waals surface area contributed by atoms with Gasteiger partial charge in [-0.05, 0) is 76.5 Å². The van der Waals surface area contributed by atoms with Crippen LogP contribution in [-0.2, 0) is 17.6 Å². The molecule has 0 unspecified atom stereocenters. The fourth-order valence-corrected chi connectivity index (χ4v) is 4.63. The fraction of sp³-hybridized carbons (Fsp3) is 0.333. The van der Waals surface area contributed by atoms with E-state index in [2.05, 4.69) is 34.6 Å². The quantitative estimate of drug-likeness (QED) is 0.592. The first kappa shape index (κ1) is 18.6. The highest BCUT2D eigenvalue weighted by Crippen LogP contribution is 2.41. The van der Waals surface area contributed by atoms with E-state index in [-0.39, 0.29) is 11.7 Å². The second kappa shape index (κ2) is 7.32. The summed E-state index contributed by atoms with van der Waals surface area (Å²) in [5.74, 6) is 0.346. The molecule has 4 rings (SSSR count). The van der Waals surface area contributed by atoms with Gasteiger partial charge in [0, 0.05) is 41.2 Å². The van der Waals surface area contributed by atoms with Gasteiger partial charge >= 0.3 is 0 Å². The van der Waals surface area contributed by atoms with E-state index < -0.39 is 0 Å². The summed E-state index contributed by atoms with van der Waals surface area (Å²) in [7, 11) is 0. The largest absolute Gasteiger partial charge is 0.507 e. The lowest BCUT2D eigenvalue weighted by molar-refractivity contribution is -0.129. The zero-order chi connectivity index (χ0) is 19.1. The summed E-state index contributed by atoms with van der Waals surface area (Å²) in [6.45, 7) is 3.10. The molecule has 1 fully saturated rings. The predicted molar refractivity (Wildman–Crippen MR) is 112 cm³/mol. The number of amides is 1. The predicted octanol–water partition coefficient (Wildman–Crippen LogP) is 4.38. The van der Waals surface area contributed by atoms with Crippen LogP contribution in [0.5, 0.6) is 5.75 Å². The first-order valence-corrected chi connectivity index (χ1v) is 10.4. The molecule has 0 saturated carbocycles. The molecule has 140 valence electrons. The number of aromatic hydroxyl groups is 1. The summed E-state index contributed by atoms with van der Waals surface area (Å²) in [6, 6.07) is 5.94. The monoisotopic (exact) mass is 444 g/mol. The highest BCUT2D eigenvalue weighted by atomic mass is 79.9. The van der Waals surface area contributed by atoms with Gasteiger partial charge in [0.2, 0.25) is 5.91 Å². The molecular formula is C21H21BrN2O2S. The molecule has 1 aliphatic carbocycles. The molecular weight excluding hydrogens is 424 g/mol. The normalized spacial score (nSPS) is 16.6. The van der Waals surface area contributed by atoms with Crippen LogP contribution in [-0.4, -0.2) is 34.0 Å². The molecule has 1 N–H and O–H groups in total. The van der Waals surface area contributed by atoms with Crippen LogP contribution in [0.1, 0.15) is 42.1 Å². The number of carbonyl (C=O) groups is 1. The summed E-state index contributed by atoms with van der Waals surface area (Å²) in [4.78, 5) is 19.0. The Kier molecular flexibility index (Phi) is 5.03. The number of piperidine rings is 1. The van der Waals surface area contributed by atoms with E-state index in [0.29, 0.717) is 4.90 Å². The standard InChI is InChI=1S/C21H21BrN2O2S/c1-12(25)24-6-4-13(5-7-24)20-17-10-19(27)18(26)9-14(17)2-3-15-8-16(22)11-23-21(15)20/h8-11,26-27H,2-7H2,1H3. The van der Waals surface area contributed by atoms with Crippen LogP contribution in [0.2, 0.25) is 0 Å². The SMILES string of the molecule is CC(=O)N1CCC(=C2c3cc(S)c(O)cc3CCc3cc(Br)cnc32)CC1. The number of aryl methyl sites for hydroxylation is 2. The number of phenols is 1. The molecule has 0 atom stereocenters. The van der Waals surface area contributed by atoms with Gasteiger partial charge in [-0.1, -0.05) is 5.57 Å². The van der Waals surface area contributed by atoms with Gasteiger partial charge in [0.1, 0.15) is 5.75 Å². The number of carbonyl (C=O) groups excluding carboxylic acids is 1. The molecule has 1 aliphatic heterocycles. The number of phenolic OH excluding ortho intramolecular Hbond substituents is 1. The molecule has 0 bridgehead atoms. The molecule has 0 spiro atoms. The van der Waals surface area contributed by atoms with Crippen molar-refractivity contribution in [1.29, 1.82) is 0 Å². The van der Waals surface area contributed by atoms with Crippen LogP contribution < -0.4 is 0 Å². The number of nitrogens with zero attached hydrogens (tertiary/aromatic N) is 2. The van der Waals surface area contributed by atoms with Crippen molar-refractivity contribution in [2.45, 2.75) is 37.5 Å². The number of rotatable bonds is 0. The second-order valence-electron chi connectivity index (χ2n) is 7.14. The van der Waals surface area contributed by atoms with Crippen molar-refractivity contribution in [2.75, 3.05) is 13.1 Å². The minimum absolute atomic E-state index is 0.130. The van der Waals surface area contributed by atoms with Gasteiger partial charge in [0.25, 0.3) is 0 Å². The Morgan fingerprint density at radius 2 is 1.85 bits per heavy atom. The van der Waals surface area contributed by atoms with Crippen LogP contribution in [0, 0.1) is 0 Å². The summed E-state index contributed by atoms with van der Waals surface area (Å²) in [6.07, 6.45) is 5.24. The van der Waals surface area contributed by atoms with E-state index in [1.807, 2.05) is 23.2 Å². The van der Waals surface area contributed by atoms with Gasteiger partial charge in [-0.15, -0.1) is 12.6 Å². The number of pyridine rings is 1. The maximum absolute atomic E-state index is 11.7. The second-order valence-corrected chi connectivity index (χ2v) is 8.54. The minimum Gasteiger partial charge on any atom is -0.507 e. The highest BCUT2D eigenvalue weighted by molar-refractivity contribution is 9.10. The molecule has 27 heavy (non-hydrogen) atoms. The number of likely N-dealkylation sites (tertiary alicyclic amines) is 1. The first-order valence-electron chi connectivity index (χ1n) is 9.11. The molecule has 4 nitrogen and oxygen atoms in total. The van der Waals surface area contributed by atoms with Gasteiger partial charge in [-0.2, -0.15) is 0 Å². The van der Waals surface area contributed by atoms with Gasteiger partial charge < -0.3 is 10.0 Å². The Bertz CT molecular complexity index is 961. The Hall–Kier alpha value is -1.79. The Morgan fingerprint density at radius 1 is 1.15 bits per heavy atom. The third kappa shape index (κ3) is 3.52. The number of fused-ring (bicyclic) bond motifs is 2. The molecule has 1 amide bonds. The Morgan fingerprint density at radius 3 is 2.56 bits per heavy atom. The Labute approximate surface area is 172 Å². The van der Waals surface area contributed by atoms with Crippen molar-refractivity contribution in [3.05, 3.63) is 56.8 Å². The lowest BCUT2D eigenvalue weighted by Crippen LogP contribution is -2.34. The third-order valence-corrected chi connectivity index (χ3v) is 6.26. The molecule has 2 heterocycles. The molecule has 0 radical (unpaired) electrons. The molecule has 2 aliphatic rings. The average molecular weight is 445 g/mol. The fourth-order valence-electron chi connectivity index (χ4n) is 4.05. The molecule has 2 aromatic rings. The molecule has 6 heteroatoms. The average Bonchev–Trinajstić information content (AvgIpc) is 2.79. The molecule has 1 saturated heterocycles. The molecule has 1 aromatic heterocycles. The van der Waals surface area contributed by atoms with E-state index in [1.54, 1.807) is 6.92 Å². The van der Waals surface area contributed by atoms with E-state index in [0.717, 1.165) is 65.6 Å². The van der Waals surface area contributed by atoms with Gasteiger partial charge in [-0.3, -0.25) is 9.78 Å². The zero-order valence-electron chi connectivity index (χ0n) is 15.1. The lowest BCUT2D eigenvalue weighted by Gasteiger charge is -2.29. The zero-order valence-corrected chi connectivity index (χ0v) is 17.6. The summed E-state index contributed by atoms with van der Waals surface area (Å²) in [5, 5.41) is 10.2. The van der Waals surface area contributed by atoms with E-state index in [4.69, 9.17) is 4.98 Å². The number of aromatic nitrogens is 1. The van der Waals surface area contributed by atoms with Crippen molar-refractivity contribution in [2.24, 2.45) is 0 Å². The van der Waals surface area contributed by atoms with Crippen LogP contribution in [0.3, 0.4) is 0 Å². The van der Waals surface area contributed by atoms with Gasteiger partial charge in [-0.25, -0.2) is 0 Å². The van der Waals surface area contributed by atoms with E-state index >= 15 is 0 Å². The minimum atomic E-state index is 0.130. The number of hydrogen-bond acceptors (Lipinski definition) is 4. The van der Waals surface area contributed by atoms with Crippen LogP contribution in [0.4, 0.5) is 0 Å². The van der Waals surface area contributed by atoms with Crippen molar-refractivity contribution >= 4 is 40.0 Å². The van der Waals surface area contributed by atoms with Crippen LogP contribution >= 0.6 is 28.6 Å². The number of halogens is 1. The Balaban J connectivity index is 1.90. The van der Waals surface area contributed by atoms with Crippen LogP contribution in [0.15, 0.2) is 39.3 Å². The highest BCUT2D eigenvalue weighted by Gasteiger charge is 2.26. The number of benzene rings is 1. The van der Waals surface area contributed by atoms with Crippen molar-refractivity contribution < 1.29 is 9.90 Å². The molecule has 1 aromatic carbocycles.